The zero-order valence-corrected chi connectivity index (χ0v) is 12.4. The van der Waals surface area contributed by atoms with E-state index in [1.165, 1.54) is 0 Å². The SMILES string of the molecule is CCCCCC(C)(O)/C=C/[C@@H]1C2CC(=O)O[C@H]2C[C@H]1O. The normalized spacial score (nSPS) is 36.1. The molecule has 20 heavy (non-hydrogen) atoms. The first-order valence-electron chi connectivity index (χ1n) is 7.72. The van der Waals surface area contributed by atoms with Crippen molar-refractivity contribution in [1.29, 1.82) is 0 Å². The van der Waals surface area contributed by atoms with E-state index in [4.69, 9.17) is 4.74 Å². The minimum atomic E-state index is -0.837. The van der Waals surface area contributed by atoms with Gasteiger partial charge in [-0.05, 0) is 13.3 Å². The van der Waals surface area contributed by atoms with E-state index in [9.17, 15) is 15.0 Å². The lowest BCUT2D eigenvalue weighted by atomic mass is 9.89. The average molecular weight is 282 g/mol. The molecule has 1 aliphatic heterocycles. The summed E-state index contributed by atoms with van der Waals surface area (Å²) < 4.78 is 5.20. The van der Waals surface area contributed by atoms with Crippen LogP contribution in [0.3, 0.4) is 0 Å². The van der Waals surface area contributed by atoms with E-state index in [0.717, 1.165) is 25.7 Å². The summed E-state index contributed by atoms with van der Waals surface area (Å²) in [6, 6.07) is 0. The van der Waals surface area contributed by atoms with Crippen molar-refractivity contribution in [1.82, 2.24) is 0 Å². The van der Waals surface area contributed by atoms with Crippen LogP contribution in [0.25, 0.3) is 0 Å². The van der Waals surface area contributed by atoms with Gasteiger partial charge in [-0.15, -0.1) is 0 Å². The fraction of sp³-hybridized carbons (Fsp3) is 0.812. The number of ether oxygens (including phenoxy) is 1. The van der Waals surface area contributed by atoms with Crippen LogP contribution in [0.4, 0.5) is 0 Å². The molecule has 1 saturated carbocycles. The summed E-state index contributed by atoms with van der Waals surface area (Å²) in [4.78, 5) is 11.3. The van der Waals surface area contributed by atoms with Crippen LogP contribution >= 0.6 is 0 Å². The van der Waals surface area contributed by atoms with Crippen molar-refractivity contribution >= 4 is 5.97 Å². The number of unbranched alkanes of at least 4 members (excludes halogenated alkanes) is 2. The van der Waals surface area contributed by atoms with Gasteiger partial charge in [-0.25, -0.2) is 0 Å². The van der Waals surface area contributed by atoms with Gasteiger partial charge in [-0.2, -0.15) is 0 Å². The van der Waals surface area contributed by atoms with Gasteiger partial charge in [0.1, 0.15) is 6.10 Å². The summed E-state index contributed by atoms with van der Waals surface area (Å²) in [5.74, 6) is -0.177. The molecule has 2 unspecified atom stereocenters. The smallest absolute Gasteiger partial charge is 0.306 e. The number of carbonyl (C=O) groups is 1. The van der Waals surface area contributed by atoms with Crippen LogP contribution in [-0.2, 0) is 9.53 Å². The molecule has 0 aromatic rings. The Balaban J connectivity index is 1.94. The number of esters is 1. The van der Waals surface area contributed by atoms with Crippen LogP contribution in [0.1, 0.15) is 52.4 Å². The van der Waals surface area contributed by atoms with Gasteiger partial charge >= 0.3 is 5.97 Å². The van der Waals surface area contributed by atoms with Crippen LogP contribution in [0.5, 0.6) is 0 Å². The van der Waals surface area contributed by atoms with Crippen molar-refractivity contribution in [3.63, 3.8) is 0 Å². The van der Waals surface area contributed by atoms with Crippen LogP contribution in [-0.4, -0.2) is 34.0 Å². The van der Waals surface area contributed by atoms with Crippen LogP contribution in [0, 0.1) is 11.8 Å². The van der Waals surface area contributed by atoms with Gasteiger partial charge in [0.25, 0.3) is 0 Å². The molecule has 1 aliphatic carbocycles. The highest BCUT2D eigenvalue weighted by molar-refractivity contribution is 5.72. The minimum absolute atomic E-state index is 0.0696. The molecule has 2 fully saturated rings. The Labute approximate surface area is 120 Å². The van der Waals surface area contributed by atoms with E-state index in [0.29, 0.717) is 12.8 Å². The van der Waals surface area contributed by atoms with Gasteiger partial charge in [0.15, 0.2) is 0 Å². The Kier molecular flexibility index (Phi) is 4.86. The zero-order chi connectivity index (χ0) is 14.8. The Bertz CT molecular complexity index is 375. The molecule has 5 atom stereocenters. The maximum absolute atomic E-state index is 11.3. The predicted molar refractivity (Wildman–Crippen MR) is 76.0 cm³/mol. The lowest BCUT2D eigenvalue weighted by molar-refractivity contribution is -0.141. The van der Waals surface area contributed by atoms with Crippen molar-refractivity contribution in [2.45, 2.75) is 70.2 Å². The average Bonchev–Trinajstić information content (AvgIpc) is 2.82. The second-order valence-electron chi connectivity index (χ2n) is 6.45. The third-order valence-corrected chi connectivity index (χ3v) is 4.54. The first kappa shape index (κ1) is 15.5. The molecule has 2 rings (SSSR count). The quantitative estimate of drug-likeness (QED) is 0.445. The molecule has 0 radical (unpaired) electrons. The first-order valence-corrected chi connectivity index (χ1v) is 7.72. The van der Waals surface area contributed by atoms with E-state index in [1.807, 2.05) is 6.08 Å². The number of hydrogen-bond donors (Lipinski definition) is 2. The van der Waals surface area contributed by atoms with Crippen molar-refractivity contribution in [3.8, 4) is 0 Å². The van der Waals surface area contributed by atoms with E-state index < -0.39 is 11.7 Å². The molecule has 114 valence electrons. The monoisotopic (exact) mass is 282 g/mol. The largest absolute Gasteiger partial charge is 0.462 e. The summed E-state index contributed by atoms with van der Waals surface area (Å²) >= 11 is 0. The van der Waals surface area contributed by atoms with Gasteiger partial charge < -0.3 is 14.9 Å². The Morgan fingerprint density at radius 3 is 2.90 bits per heavy atom. The second kappa shape index (κ2) is 6.27. The van der Waals surface area contributed by atoms with E-state index in [1.54, 1.807) is 13.0 Å². The molecule has 1 saturated heterocycles. The van der Waals surface area contributed by atoms with Crippen LogP contribution < -0.4 is 0 Å². The van der Waals surface area contributed by atoms with Crippen molar-refractivity contribution in [2.75, 3.05) is 0 Å². The minimum Gasteiger partial charge on any atom is -0.462 e. The fourth-order valence-corrected chi connectivity index (χ4v) is 3.32. The molecule has 0 amide bonds. The summed E-state index contributed by atoms with van der Waals surface area (Å²) in [5, 5.41) is 20.4. The molecule has 4 heteroatoms. The van der Waals surface area contributed by atoms with Gasteiger partial charge in [0.05, 0.1) is 18.1 Å². The molecule has 0 spiro atoms. The lowest BCUT2D eigenvalue weighted by Crippen LogP contribution is -2.23. The third-order valence-electron chi connectivity index (χ3n) is 4.54. The number of rotatable bonds is 6. The molecule has 0 aromatic carbocycles. The van der Waals surface area contributed by atoms with Gasteiger partial charge in [-0.3, -0.25) is 4.79 Å². The predicted octanol–water partition coefficient (Wildman–Crippen LogP) is 2.19. The first-order chi connectivity index (χ1) is 9.43. The van der Waals surface area contributed by atoms with Gasteiger partial charge in [0.2, 0.25) is 0 Å². The molecule has 4 nitrogen and oxygen atoms in total. The molecule has 0 aromatic heterocycles. The lowest BCUT2D eigenvalue weighted by Gasteiger charge is -2.21. The molecule has 0 bridgehead atoms. The van der Waals surface area contributed by atoms with Crippen molar-refractivity contribution in [2.24, 2.45) is 11.8 Å². The summed E-state index contributed by atoms with van der Waals surface area (Å²) in [5.41, 5.74) is -0.837. The number of aliphatic hydroxyl groups is 2. The molecule has 1 heterocycles. The van der Waals surface area contributed by atoms with Crippen LogP contribution in [0.2, 0.25) is 0 Å². The Morgan fingerprint density at radius 1 is 1.45 bits per heavy atom. The third kappa shape index (κ3) is 3.61. The number of carbonyl (C=O) groups excluding carboxylic acids is 1. The second-order valence-corrected chi connectivity index (χ2v) is 6.45. The number of hydrogen-bond acceptors (Lipinski definition) is 4. The number of aliphatic hydroxyl groups excluding tert-OH is 1. The standard InChI is InChI=1S/C16H26O4/c1-3-4-5-7-16(2,19)8-6-11-12-9-15(18)20-14(12)10-13(11)17/h6,8,11-14,17,19H,3-5,7,9-10H2,1-2H3/b8-6+/t11-,12?,13-,14+,16?/m1/s1. The van der Waals surface area contributed by atoms with Crippen LogP contribution in [0.15, 0.2) is 12.2 Å². The van der Waals surface area contributed by atoms with E-state index in [-0.39, 0.29) is 23.9 Å². The van der Waals surface area contributed by atoms with Gasteiger partial charge in [0, 0.05) is 18.3 Å². The number of fused-ring (bicyclic) bond motifs is 1. The van der Waals surface area contributed by atoms with E-state index >= 15 is 0 Å². The van der Waals surface area contributed by atoms with Crippen molar-refractivity contribution in [3.05, 3.63) is 12.2 Å². The summed E-state index contributed by atoms with van der Waals surface area (Å²) in [6.07, 6.45) is 7.94. The summed E-state index contributed by atoms with van der Waals surface area (Å²) in [7, 11) is 0. The topological polar surface area (TPSA) is 66.8 Å². The zero-order valence-electron chi connectivity index (χ0n) is 12.4. The maximum atomic E-state index is 11.3. The molecular weight excluding hydrogens is 256 g/mol. The summed E-state index contributed by atoms with van der Waals surface area (Å²) in [6.45, 7) is 3.94. The fourth-order valence-electron chi connectivity index (χ4n) is 3.32. The molecule has 2 aliphatic rings. The molecule has 2 N–H and O–H groups in total. The van der Waals surface area contributed by atoms with Crippen molar-refractivity contribution < 1.29 is 19.7 Å². The van der Waals surface area contributed by atoms with Gasteiger partial charge in [-0.1, -0.05) is 38.3 Å². The maximum Gasteiger partial charge on any atom is 0.306 e. The highest BCUT2D eigenvalue weighted by Gasteiger charge is 2.48. The molecular formula is C16H26O4. The Hall–Kier alpha value is -0.870. The highest BCUT2D eigenvalue weighted by atomic mass is 16.6. The highest BCUT2D eigenvalue weighted by Crippen LogP contribution is 2.42. The van der Waals surface area contributed by atoms with E-state index in [2.05, 4.69) is 6.92 Å². The Morgan fingerprint density at radius 2 is 2.20 bits per heavy atom.